The number of morpholine rings is 1. The Bertz CT molecular complexity index is 1170. The predicted octanol–water partition coefficient (Wildman–Crippen LogP) is 2.03. The minimum absolute atomic E-state index is 0.00433. The Kier molecular flexibility index (Phi) is 7.00. The number of thiazole rings is 1. The molecule has 0 radical (unpaired) electrons. The van der Waals surface area contributed by atoms with Crippen LogP contribution in [0.1, 0.15) is 22.2 Å². The second-order valence-electron chi connectivity index (χ2n) is 7.70. The van der Waals surface area contributed by atoms with Crippen molar-refractivity contribution in [3.05, 3.63) is 62.7 Å². The lowest BCUT2D eigenvalue weighted by Crippen LogP contribution is -2.52. The van der Waals surface area contributed by atoms with Gasteiger partial charge in [0, 0.05) is 30.4 Å². The second-order valence-corrected chi connectivity index (χ2v) is 8.60. The summed E-state index contributed by atoms with van der Waals surface area (Å²) in [4.78, 5) is 35.3. The number of halogens is 2. The van der Waals surface area contributed by atoms with Gasteiger partial charge in [-0.2, -0.15) is 0 Å². The highest BCUT2D eigenvalue weighted by atomic mass is 32.1. The standard InChI is InChI=1S/C22H22F2N4O5S/c1-11-12(3-4-13(23)17(11)24)18-16(22(31)32-2)14(26-19(27-18)20-25-5-8-34-20)9-28-6-7-33-10-15(28)21(29)30/h3-5,8,15,18H,6-7,9-10H2,1-2H3,(H,26,27)(H,29,30)/t15-,18-/m0/s1. The maximum Gasteiger partial charge on any atom is 0.338 e. The third-order valence-electron chi connectivity index (χ3n) is 5.73. The lowest BCUT2D eigenvalue weighted by molar-refractivity contribution is -0.149. The average molecular weight is 493 g/mol. The molecule has 1 fully saturated rings. The zero-order valence-corrected chi connectivity index (χ0v) is 19.2. The first-order chi connectivity index (χ1) is 16.3. The van der Waals surface area contributed by atoms with Gasteiger partial charge in [0.2, 0.25) is 0 Å². The topological polar surface area (TPSA) is 113 Å². The first-order valence-corrected chi connectivity index (χ1v) is 11.2. The molecule has 0 bridgehead atoms. The molecule has 0 amide bonds. The van der Waals surface area contributed by atoms with Gasteiger partial charge in [-0.3, -0.25) is 14.7 Å². The molecule has 1 aromatic carbocycles. The van der Waals surface area contributed by atoms with Gasteiger partial charge in [-0.05, 0) is 24.1 Å². The molecule has 2 aliphatic rings. The fraction of sp³-hybridized carbons (Fsp3) is 0.364. The molecule has 12 heteroatoms. The number of hydrogen-bond donors (Lipinski definition) is 2. The predicted molar refractivity (Wildman–Crippen MR) is 118 cm³/mol. The van der Waals surface area contributed by atoms with E-state index >= 15 is 0 Å². The summed E-state index contributed by atoms with van der Waals surface area (Å²) in [5.74, 6) is -3.50. The van der Waals surface area contributed by atoms with Crippen molar-refractivity contribution in [2.75, 3.05) is 33.4 Å². The number of aromatic nitrogens is 1. The molecule has 2 N–H and O–H groups in total. The minimum Gasteiger partial charge on any atom is -0.480 e. The number of nitrogens with zero attached hydrogens (tertiary/aromatic N) is 3. The maximum absolute atomic E-state index is 14.5. The molecule has 2 atom stereocenters. The molecule has 0 spiro atoms. The molecule has 2 aromatic rings. The largest absolute Gasteiger partial charge is 0.480 e. The van der Waals surface area contributed by atoms with E-state index in [0.717, 1.165) is 6.07 Å². The van der Waals surface area contributed by atoms with Crippen LogP contribution in [0.15, 0.2) is 40.0 Å². The first kappa shape index (κ1) is 23.9. The Morgan fingerprint density at radius 2 is 2.18 bits per heavy atom. The summed E-state index contributed by atoms with van der Waals surface area (Å²) in [6.45, 7) is 2.08. The van der Waals surface area contributed by atoms with Gasteiger partial charge >= 0.3 is 11.9 Å². The first-order valence-electron chi connectivity index (χ1n) is 10.4. The summed E-state index contributed by atoms with van der Waals surface area (Å²) in [5.41, 5.74) is 0.704. The van der Waals surface area contributed by atoms with E-state index in [9.17, 15) is 23.5 Å². The van der Waals surface area contributed by atoms with Crippen LogP contribution in [0, 0.1) is 18.6 Å². The van der Waals surface area contributed by atoms with E-state index in [1.54, 1.807) is 16.5 Å². The van der Waals surface area contributed by atoms with Gasteiger partial charge in [0.1, 0.15) is 12.1 Å². The van der Waals surface area contributed by atoms with E-state index in [-0.39, 0.29) is 29.9 Å². The minimum atomic E-state index is -1.06. The van der Waals surface area contributed by atoms with Gasteiger partial charge in [-0.1, -0.05) is 6.07 Å². The Morgan fingerprint density at radius 1 is 1.38 bits per heavy atom. The van der Waals surface area contributed by atoms with Crippen molar-refractivity contribution in [2.24, 2.45) is 4.99 Å². The lowest BCUT2D eigenvalue weighted by atomic mass is 9.92. The fourth-order valence-corrected chi connectivity index (χ4v) is 4.55. The smallest absolute Gasteiger partial charge is 0.338 e. The summed E-state index contributed by atoms with van der Waals surface area (Å²) < 4.78 is 38.6. The molecule has 0 saturated carbocycles. The van der Waals surface area contributed by atoms with Gasteiger partial charge < -0.3 is 19.9 Å². The summed E-state index contributed by atoms with van der Waals surface area (Å²) in [5, 5.41) is 15.0. The number of amidine groups is 1. The van der Waals surface area contributed by atoms with E-state index in [1.807, 2.05) is 0 Å². The highest BCUT2D eigenvalue weighted by Crippen LogP contribution is 2.36. The Labute approximate surface area is 197 Å². The average Bonchev–Trinajstić information content (AvgIpc) is 3.37. The number of hydrogen-bond acceptors (Lipinski definition) is 9. The van der Waals surface area contributed by atoms with Gasteiger partial charge in [-0.15, -0.1) is 11.3 Å². The third-order valence-corrected chi connectivity index (χ3v) is 6.51. The number of carbonyl (C=O) groups excluding carboxylic acids is 1. The highest BCUT2D eigenvalue weighted by molar-refractivity contribution is 7.11. The van der Waals surface area contributed by atoms with Crippen LogP contribution in [-0.4, -0.2) is 72.2 Å². The molecular weight excluding hydrogens is 470 g/mol. The number of esters is 1. The molecule has 180 valence electrons. The van der Waals surface area contributed by atoms with Crippen LogP contribution in [0.2, 0.25) is 0 Å². The number of rotatable bonds is 6. The van der Waals surface area contributed by atoms with E-state index in [2.05, 4.69) is 15.3 Å². The number of carboxylic acid groups (broad SMARTS) is 1. The number of ether oxygens (including phenoxy) is 2. The Morgan fingerprint density at radius 3 is 2.85 bits per heavy atom. The van der Waals surface area contributed by atoms with Crippen molar-refractivity contribution in [2.45, 2.75) is 19.0 Å². The van der Waals surface area contributed by atoms with Gasteiger partial charge in [0.05, 0.1) is 25.9 Å². The number of nitrogens with one attached hydrogen (secondary N) is 1. The number of aliphatic carboxylic acids is 1. The molecule has 0 unspecified atom stereocenters. The Balaban J connectivity index is 1.85. The Hall–Kier alpha value is -3.22. The third kappa shape index (κ3) is 4.56. The van der Waals surface area contributed by atoms with Crippen molar-refractivity contribution >= 4 is 29.1 Å². The van der Waals surface area contributed by atoms with Crippen molar-refractivity contribution in [3.63, 3.8) is 0 Å². The molecular formula is C22H22F2N4O5S. The summed E-state index contributed by atoms with van der Waals surface area (Å²) >= 11 is 1.30. The lowest BCUT2D eigenvalue weighted by Gasteiger charge is -2.35. The molecule has 1 saturated heterocycles. The van der Waals surface area contributed by atoms with E-state index < -0.39 is 35.7 Å². The summed E-state index contributed by atoms with van der Waals surface area (Å²) in [6.07, 6.45) is 1.59. The van der Waals surface area contributed by atoms with Crippen LogP contribution >= 0.6 is 11.3 Å². The number of benzene rings is 1. The zero-order chi connectivity index (χ0) is 24.4. The summed E-state index contributed by atoms with van der Waals surface area (Å²) in [6, 6.07) is 0.409. The van der Waals surface area contributed by atoms with E-state index in [0.29, 0.717) is 29.7 Å². The normalized spacial score (nSPS) is 21.1. The molecule has 4 rings (SSSR count). The number of carboxylic acids is 1. The zero-order valence-electron chi connectivity index (χ0n) is 18.4. The number of carbonyl (C=O) groups is 2. The van der Waals surface area contributed by atoms with E-state index in [4.69, 9.17) is 9.47 Å². The van der Waals surface area contributed by atoms with Gasteiger partial charge in [0.15, 0.2) is 22.5 Å². The highest BCUT2D eigenvalue weighted by Gasteiger charge is 2.37. The fourth-order valence-electron chi connectivity index (χ4n) is 3.97. The second kappa shape index (κ2) is 9.95. The monoisotopic (exact) mass is 492 g/mol. The van der Waals surface area contributed by atoms with Crippen molar-refractivity contribution in [3.8, 4) is 0 Å². The van der Waals surface area contributed by atoms with Crippen molar-refractivity contribution < 1.29 is 33.0 Å². The quantitative estimate of drug-likeness (QED) is 0.589. The van der Waals surface area contributed by atoms with Crippen molar-refractivity contribution in [1.82, 2.24) is 15.2 Å². The molecule has 3 heterocycles. The van der Waals surface area contributed by atoms with E-state index in [1.165, 1.54) is 31.4 Å². The van der Waals surface area contributed by atoms with Gasteiger partial charge in [0.25, 0.3) is 0 Å². The SMILES string of the molecule is COC(=O)C1=C(CN2CCOC[C@H]2C(=O)O)NC(c2nccs2)=N[C@H]1c1ccc(F)c(F)c1C. The van der Waals surface area contributed by atoms with Gasteiger partial charge in [-0.25, -0.2) is 18.6 Å². The van der Waals surface area contributed by atoms with Crippen LogP contribution in [0.4, 0.5) is 8.78 Å². The van der Waals surface area contributed by atoms with Crippen LogP contribution in [-0.2, 0) is 19.1 Å². The maximum atomic E-state index is 14.5. The molecule has 9 nitrogen and oxygen atoms in total. The number of methoxy groups -OCH3 is 1. The van der Waals surface area contributed by atoms with Crippen LogP contribution in [0.25, 0.3) is 0 Å². The molecule has 0 aliphatic carbocycles. The van der Waals surface area contributed by atoms with Crippen LogP contribution < -0.4 is 5.32 Å². The molecule has 1 aromatic heterocycles. The summed E-state index contributed by atoms with van der Waals surface area (Å²) in [7, 11) is 1.21. The molecule has 34 heavy (non-hydrogen) atoms. The van der Waals surface area contributed by atoms with Crippen LogP contribution in [0.3, 0.4) is 0 Å². The van der Waals surface area contributed by atoms with Crippen LogP contribution in [0.5, 0.6) is 0 Å². The molecule has 2 aliphatic heterocycles. The number of aliphatic imine (C=N–C) groups is 1. The van der Waals surface area contributed by atoms with Crippen molar-refractivity contribution in [1.29, 1.82) is 0 Å².